The first kappa shape index (κ1) is 14.2. The summed E-state index contributed by atoms with van der Waals surface area (Å²) in [6, 6.07) is 3.56. The van der Waals surface area contributed by atoms with Crippen molar-refractivity contribution in [1.29, 1.82) is 0 Å². The van der Waals surface area contributed by atoms with Crippen molar-refractivity contribution in [2.75, 3.05) is 13.6 Å². The molecule has 0 aromatic carbocycles. The van der Waals surface area contributed by atoms with E-state index in [0.29, 0.717) is 12.4 Å². The Hall–Kier alpha value is -1.82. The number of aromatic nitrogens is 1. The molecule has 0 aliphatic heterocycles. The van der Waals surface area contributed by atoms with Crippen LogP contribution in [0.3, 0.4) is 0 Å². The minimum atomic E-state index is -0.570. The van der Waals surface area contributed by atoms with Crippen LogP contribution in [0.2, 0.25) is 0 Å². The molecule has 0 aliphatic rings. The van der Waals surface area contributed by atoms with Crippen molar-refractivity contribution in [2.24, 2.45) is 0 Å². The molecule has 0 aliphatic carbocycles. The van der Waals surface area contributed by atoms with Crippen LogP contribution in [0, 0.1) is 10.1 Å². The van der Waals surface area contributed by atoms with Crippen molar-refractivity contribution in [2.45, 2.75) is 12.4 Å². The molecule has 7 heteroatoms. The molecule has 1 N–H and O–H groups in total. The maximum atomic E-state index is 10.6. The van der Waals surface area contributed by atoms with Gasteiger partial charge in [-0.05, 0) is 13.0 Å². The number of nitrogens with zero attached hydrogens (tertiary/aromatic N) is 3. The average Bonchev–Trinajstić information content (AvgIpc) is 2.37. The molecule has 98 valence electrons. The Bertz CT molecular complexity index is 424. The van der Waals surface area contributed by atoms with Gasteiger partial charge in [0, 0.05) is 31.5 Å². The zero-order valence-electron chi connectivity index (χ0n) is 10.2. The van der Waals surface area contributed by atoms with Crippen LogP contribution in [-0.4, -0.2) is 28.4 Å². The molecule has 1 unspecified atom stereocenters. The van der Waals surface area contributed by atoms with E-state index in [1.165, 1.54) is 0 Å². The van der Waals surface area contributed by atoms with Gasteiger partial charge < -0.3 is 10.2 Å². The summed E-state index contributed by atoms with van der Waals surface area (Å²) in [6.07, 6.45) is 4.15. The molecule has 18 heavy (non-hydrogen) atoms. The molecule has 0 saturated carbocycles. The lowest BCUT2D eigenvalue weighted by Crippen LogP contribution is -2.30. The third-order valence-electron chi connectivity index (χ3n) is 2.36. The molecule has 0 bridgehead atoms. The minimum Gasteiger partial charge on any atom is -0.357 e. The fraction of sp³-hybridized carbons (Fsp3) is 0.364. The Morgan fingerprint density at radius 1 is 1.78 bits per heavy atom. The van der Waals surface area contributed by atoms with Gasteiger partial charge in [0.1, 0.15) is 5.50 Å². The Morgan fingerprint density at radius 2 is 2.50 bits per heavy atom. The van der Waals surface area contributed by atoms with E-state index in [-0.39, 0.29) is 0 Å². The topological polar surface area (TPSA) is 71.3 Å². The standard InChI is InChI=1S/C11H15ClN4O2/c1-3-15(2)10(8-16(17)18)14-11(12)9-5-4-6-13-7-9/h4-8,11,14H,3H2,1-2H3/b10-8-. The van der Waals surface area contributed by atoms with E-state index in [0.717, 1.165) is 11.8 Å². The molecule has 1 aromatic heterocycles. The van der Waals surface area contributed by atoms with Gasteiger partial charge in [-0.3, -0.25) is 15.1 Å². The van der Waals surface area contributed by atoms with Crippen LogP contribution in [0.5, 0.6) is 0 Å². The molecule has 0 saturated heterocycles. The summed E-state index contributed by atoms with van der Waals surface area (Å²) in [7, 11) is 1.75. The smallest absolute Gasteiger partial charge is 0.274 e. The SMILES string of the molecule is CCN(C)/C(=C\[N+](=O)[O-])NC(Cl)c1cccnc1. The molecule has 0 spiro atoms. The first-order chi connectivity index (χ1) is 8.54. The van der Waals surface area contributed by atoms with Crippen molar-refractivity contribution in [3.63, 3.8) is 0 Å². The Morgan fingerprint density at radius 3 is 3.00 bits per heavy atom. The van der Waals surface area contributed by atoms with E-state index >= 15 is 0 Å². The van der Waals surface area contributed by atoms with Crippen molar-refractivity contribution in [1.82, 2.24) is 15.2 Å². The maximum absolute atomic E-state index is 10.6. The molecule has 1 heterocycles. The van der Waals surface area contributed by atoms with Gasteiger partial charge in [-0.25, -0.2) is 0 Å². The summed E-state index contributed by atoms with van der Waals surface area (Å²) >= 11 is 6.14. The number of hydrogen-bond acceptors (Lipinski definition) is 5. The van der Waals surface area contributed by atoms with Crippen LogP contribution in [0.25, 0.3) is 0 Å². The predicted octanol–water partition coefficient (Wildman–Crippen LogP) is 1.94. The van der Waals surface area contributed by atoms with E-state index in [2.05, 4.69) is 10.3 Å². The quantitative estimate of drug-likeness (QED) is 0.370. The molecule has 0 fully saturated rings. The fourth-order valence-electron chi connectivity index (χ4n) is 1.26. The van der Waals surface area contributed by atoms with Gasteiger partial charge in [0.25, 0.3) is 6.20 Å². The molecule has 1 aromatic rings. The van der Waals surface area contributed by atoms with Crippen LogP contribution >= 0.6 is 11.6 Å². The second kappa shape index (κ2) is 6.80. The lowest BCUT2D eigenvalue weighted by molar-refractivity contribution is -0.404. The zero-order chi connectivity index (χ0) is 13.5. The molecule has 1 atom stereocenters. The lowest BCUT2D eigenvalue weighted by Gasteiger charge is -2.22. The average molecular weight is 271 g/mol. The van der Waals surface area contributed by atoms with Gasteiger partial charge in [0.05, 0.1) is 4.92 Å². The molecular weight excluding hydrogens is 256 g/mol. The first-order valence-electron chi connectivity index (χ1n) is 5.41. The Balaban J connectivity index is 2.81. The summed E-state index contributed by atoms with van der Waals surface area (Å²) in [6.45, 7) is 2.52. The molecule has 0 radical (unpaired) electrons. The van der Waals surface area contributed by atoms with Crippen LogP contribution in [0.4, 0.5) is 0 Å². The molecule has 0 amide bonds. The van der Waals surface area contributed by atoms with E-state index in [1.54, 1.807) is 36.5 Å². The number of nitrogens with one attached hydrogen (secondary N) is 1. The second-order valence-corrected chi connectivity index (χ2v) is 4.04. The Kier molecular flexibility index (Phi) is 5.38. The van der Waals surface area contributed by atoms with Crippen molar-refractivity contribution >= 4 is 11.6 Å². The number of rotatable bonds is 6. The summed E-state index contributed by atoms with van der Waals surface area (Å²) in [5.41, 5.74) is 0.178. The van der Waals surface area contributed by atoms with Gasteiger partial charge >= 0.3 is 0 Å². The van der Waals surface area contributed by atoms with Crippen molar-refractivity contribution in [3.05, 3.63) is 52.2 Å². The minimum absolute atomic E-state index is 0.353. The van der Waals surface area contributed by atoms with Crippen LogP contribution < -0.4 is 5.32 Å². The van der Waals surface area contributed by atoms with Gasteiger partial charge in [-0.2, -0.15) is 0 Å². The summed E-state index contributed by atoms with van der Waals surface area (Å²) in [4.78, 5) is 15.7. The molecular formula is C11H15ClN4O2. The van der Waals surface area contributed by atoms with Crippen LogP contribution in [0.1, 0.15) is 18.0 Å². The molecule has 1 rings (SSSR count). The summed E-state index contributed by atoms with van der Waals surface area (Å²) in [5, 5.41) is 13.4. The highest BCUT2D eigenvalue weighted by Gasteiger charge is 2.14. The van der Waals surface area contributed by atoms with Gasteiger partial charge in [-0.15, -0.1) is 0 Å². The largest absolute Gasteiger partial charge is 0.357 e. The van der Waals surface area contributed by atoms with Crippen LogP contribution in [-0.2, 0) is 0 Å². The van der Waals surface area contributed by atoms with Gasteiger partial charge in [0.15, 0.2) is 5.82 Å². The summed E-state index contributed by atoms with van der Waals surface area (Å²) < 4.78 is 0. The van der Waals surface area contributed by atoms with Gasteiger partial charge in [0.2, 0.25) is 0 Å². The van der Waals surface area contributed by atoms with E-state index < -0.39 is 10.4 Å². The first-order valence-corrected chi connectivity index (χ1v) is 5.85. The summed E-state index contributed by atoms with van der Waals surface area (Å²) in [5.74, 6) is 0.353. The highest BCUT2D eigenvalue weighted by molar-refractivity contribution is 6.20. The van der Waals surface area contributed by atoms with Crippen molar-refractivity contribution in [3.8, 4) is 0 Å². The number of halogens is 1. The number of nitro groups is 1. The van der Waals surface area contributed by atoms with E-state index in [9.17, 15) is 10.1 Å². The zero-order valence-corrected chi connectivity index (χ0v) is 11.0. The number of pyridine rings is 1. The van der Waals surface area contributed by atoms with E-state index in [4.69, 9.17) is 11.6 Å². The normalized spacial score (nSPS) is 12.9. The Labute approximate surface area is 110 Å². The monoisotopic (exact) mass is 270 g/mol. The van der Waals surface area contributed by atoms with Crippen LogP contribution in [0.15, 0.2) is 36.5 Å². The third-order valence-corrected chi connectivity index (χ3v) is 2.73. The number of hydrogen-bond donors (Lipinski definition) is 1. The third kappa shape index (κ3) is 4.21. The number of alkyl halides is 1. The second-order valence-electron chi connectivity index (χ2n) is 3.61. The van der Waals surface area contributed by atoms with E-state index in [1.807, 2.05) is 6.92 Å². The molecule has 6 nitrogen and oxygen atoms in total. The predicted molar refractivity (Wildman–Crippen MR) is 69.3 cm³/mol. The lowest BCUT2D eigenvalue weighted by atomic mass is 10.3. The highest BCUT2D eigenvalue weighted by atomic mass is 35.5. The fourth-order valence-corrected chi connectivity index (χ4v) is 1.50. The highest BCUT2D eigenvalue weighted by Crippen LogP contribution is 2.18. The van der Waals surface area contributed by atoms with Crippen molar-refractivity contribution < 1.29 is 4.92 Å². The van der Waals surface area contributed by atoms with Gasteiger partial charge in [-0.1, -0.05) is 17.7 Å². The maximum Gasteiger partial charge on any atom is 0.274 e.